The number of anilines is 1. The lowest BCUT2D eigenvalue weighted by Crippen LogP contribution is -2.15. The molecule has 0 aliphatic rings. The molecule has 0 unspecified atom stereocenters. The first-order chi connectivity index (χ1) is 10.8. The van der Waals surface area contributed by atoms with Crippen LogP contribution in [0.4, 0.5) is 10.1 Å². The zero-order valence-corrected chi connectivity index (χ0v) is 13.7. The van der Waals surface area contributed by atoms with Gasteiger partial charge in [-0.1, -0.05) is 11.6 Å². The van der Waals surface area contributed by atoms with E-state index in [1.165, 1.54) is 12.1 Å². The summed E-state index contributed by atoms with van der Waals surface area (Å²) in [7, 11) is 0. The Morgan fingerprint density at radius 2 is 2.04 bits per heavy atom. The average molecular weight is 339 g/mol. The topological polar surface area (TPSA) is 71.2 Å². The van der Waals surface area contributed by atoms with Gasteiger partial charge in [-0.15, -0.1) is 0 Å². The van der Waals surface area contributed by atoms with Crippen LogP contribution in [-0.4, -0.2) is 23.5 Å². The van der Waals surface area contributed by atoms with E-state index in [0.717, 1.165) is 6.07 Å². The number of aromatic amines is 1. The van der Waals surface area contributed by atoms with E-state index in [1.54, 1.807) is 20.8 Å². The molecule has 5 nitrogen and oxygen atoms in total. The Balaban J connectivity index is 2.32. The van der Waals surface area contributed by atoms with E-state index in [4.69, 9.17) is 16.3 Å². The molecule has 1 aromatic carbocycles. The van der Waals surface area contributed by atoms with Crippen LogP contribution in [0.5, 0.6) is 0 Å². The van der Waals surface area contributed by atoms with Crippen LogP contribution in [0.1, 0.15) is 39.0 Å². The Hall–Kier alpha value is -2.34. The molecule has 7 heteroatoms. The average Bonchev–Trinajstić information content (AvgIpc) is 2.78. The fourth-order valence-corrected chi connectivity index (χ4v) is 2.44. The third-order valence-electron chi connectivity index (χ3n) is 3.32. The molecule has 1 aromatic heterocycles. The summed E-state index contributed by atoms with van der Waals surface area (Å²) in [5, 5.41) is 2.74. The van der Waals surface area contributed by atoms with Crippen molar-refractivity contribution < 1.29 is 18.7 Å². The molecule has 2 N–H and O–H groups in total. The Morgan fingerprint density at radius 1 is 1.35 bits per heavy atom. The number of esters is 1. The number of amides is 1. The van der Waals surface area contributed by atoms with Crippen molar-refractivity contribution in [3.05, 3.63) is 51.6 Å². The fourth-order valence-electron chi connectivity index (χ4n) is 2.26. The van der Waals surface area contributed by atoms with E-state index in [1.807, 2.05) is 0 Å². The first-order valence-corrected chi connectivity index (χ1v) is 7.35. The molecule has 2 aromatic rings. The minimum Gasteiger partial charge on any atom is -0.462 e. The number of hydrogen-bond acceptors (Lipinski definition) is 3. The van der Waals surface area contributed by atoms with E-state index in [2.05, 4.69) is 10.3 Å². The van der Waals surface area contributed by atoms with Gasteiger partial charge in [0.05, 0.1) is 17.9 Å². The predicted octanol–water partition coefficient (Wildman–Crippen LogP) is 3.85. The predicted molar refractivity (Wildman–Crippen MR) is 85.6 cm³/mol. The number of aryl methyl sites for hydroxylation is 1. The number of carbonyl (C=O) groups is 2. The minimum absolute atomic E-state index is 0.0353. The molecule has 122 valence electrons. The van der Waals surface area contributed by atoms with E-state index in [9.17, 15) is 14.0 Å². The molecule has 1 heterocycles. The maximum atomic E-state index is 13.7. The van der Waals surface area contributed by atoms with Crippen molar-refractivity contribution in [1.29, 1.82) is 0 Å². The number of aromatic nitrogens is 1. The van der Waals surface area contributed by atoms with E-state index < -0.39 is 17.7 Å². The fraction of sp³-hybridized carbons (Fsp3) is 0.250. The number of H-pyrrole nitrogens is 1. The molecule has 0 aliphatic carbocycles. The number of rotatable bonds is 4. The molecule has 23 heavy (non-hydrogen) atoms. The van der Waals surface area contributed by atoms with Crippen LogP contribution < -0.4 is 5.32 Å². The summed E-state index contributed by atoms with van der Waals surface area (Å²) >= 11 is 5.80. The number of halogens is 2. The van der Waals surface area contributed by atoms with Gasteiger partial charge in [-0.2, -0.15) is 0 Å². The maximum Gasteiger partial charge on any atom is 0.340 e. The van der Waals surface area contributed by atoms with Crippen molar-refractivity contribution in [2.75, 3.05) is 11.9 Å². The van der Waals surface area contributed by atoms with Crippen molar-refractivity contribution in [2.24, 2.45) is 0 Å². The highest BCUT2D eigenvalue weighted by Gasteiger charge is 2.23. The first kappa shape index (κ1) is 17.0. The Morgan fingerprint density at radius 3 is 2.70 bits per heavy atom. The van der Waals surface area contributed by atoms with Gasteiger partial charge in [-0.3, -0.25) is 4.79 Å². The third kappa shape index (κ3) is 3.53. The van der Waals surface area contributed by atoms with Gasteiger partial charge >= 0.3 is 5.97 Å². The number of hydrogen-bond donors (Lipinski definition) is 2. The van der Waals surface area contributed by atoms with Crippen LogP contribution in [0.15, 0.2) is 18.2 Å². The summed E-state index contributed by atoms with van der Waals surface area (Å²) < 4.78 is 18.7. The highest BCUT2D eigenvalue weighted by Crippen LogP contribution is 2.23. The quantitative estimate of drug-likeness (QED) is 0.832. The van der Waals surface area contributed by atoms with Crippen molar-refractivity contribution in [2.45, 2.75) is 20.8 Å². The standard InChI is InChI=1S/C16H16ClFN2O3/c1-4-23-16(22)13-8(2)14(19-9(13)3)15(21)20-12-7-10(17)5-6-11(12)18/h5-7,19H,4H2,1-3H3,(H,20,21). The van der Waals surface area contributed by atoms with Crippen LogP contribution in [0.3, 0.4) is 0 Å². The smallest absolute Gasteiger partial charge is 0.340 e. The lowest BCUT2D eigenvalue weighted by molar-refractivity contribution is 0.0525. The molecule has 2 rings (SSSR count). The number of nitrogens with one attached hydrogen (secondary N) is 2. The van der Waals surface area contributed by atoms with Crippen molar-refractivity contribution in [1.82, 2.24) is 4.98 Å². The number of carbonyl (C=O) groups excluding carboxylic acids is 2. The summed E-state index contributed by atoms with van der Waals surface area (Å²) in [6, 6.07) is 3.86. The normalized spacial score (nSPS) is 10.5. The second kappa shape index (κ2) is 6.83. The van der Waals surface area contributed by atoms with Crippen molar-refractivity contribution >= 4 is 29.2 Å². The summed E-state index contributed by atoms with van der Waals surface area (Å²) in [5.74, 6) is -1.68. The SMILES string of the molecule is CCOC(=O)c1c(C)[nH]c(C(=O)Nc2cc(Cl)ccc2F)c1C. The van der Waals surface area contributed by atoms with Crippen LogP contribution in [0.2, 0.25) is 5.02 Å². The highest BCUT2D eigenvalue weighted by atomic mass is 35.5. The van der Waals surface area contributed by atoms with Gasteiger partial charge in [-0.05, 0) is 44.5 Å². The van der Waals surface area contributed by atoms with Gasteiger partial charge in [0, 0.05) is 10.7 Å². The van der Waals surface area contributed by atoms with Gasteiger partial charge < -0.3 is 15.0 Å². The number of benzene rings is 1. The van der Waals surface area contributed by atoms with E-state index in [-0.39, 0.29) is 18.0 Å². The van der Waals surface area contributed by atoms with Crippen molar-refractivity contribution in [3.8, 4) is 0 Å². The van der Waals surface area contributed by atoms with Gasteiger partial charge in [0.25, 0.3) is 5.91 Å². The van der Waals surface area contributed by atoms with Crippen molar-refractivity contribution in [3.63, 3.8) is 0 Å². The van der Waals surface area contributed by atoms with Crippen LogP contribution >= 0.6 is 11.6 Å². The largest absolute Gasteiger partial charge is 0.462 e. The zero-order valence-electron chi connectivity index (χ0n) is 12.9. The summed E-state index contributed by atoms with van der Waals surface area (Å²) in [5.41, 5.74) is 1.40. The lowest BCUT2D eigenvalue weighted by atomic mass is 10.1. The molecule has 0 radical (unpaired) electrons. The molecule has 0 saturated carbocycles. The Labute approximate surface area is 137 Å². The van der Waals surface area contributed by atoms with Gasteiger partial charge in [0.15, 0.2) is 0 Å². The Bertz CT molecular complexity index is 771. The third-order valence-corrected chi connectivity index (χ3v) is 3.56. The van der Waals surface area contributed by atoms with Gasteiger partial charge in [0.1, 0.15) is 11.5 Å². The molecule has 0 bridgehead atoms. The summed E-state index contributed by atoms with van der Waals surface area (Å²) in [6.07, 6.45) is 0. The lowest BCUT2D eigenvalue weighted by Gasteiger charge is -2.07. The van der Waals surface area contributed by atoms with Crippen LogP contribution in [0, 0.1) is 19.7 Å². The summed E-state index contributed by atoms with van der Waals surface area (Å²) in [4.78, 5) is 27.1. The van der Waals surface area contributed by atoms with Crippen LogP contribution in [0.25, 0.3) is 0 Å². The van der Waals surface area contributed by atoms with E-state index in [0.29, 0.717) is 21.8 Å². The molecular weight excluding hydrogens is 323 g/mol. The molecule has 1 amide bonds. The van der Waals surface area contributed by atoms with Gasteiger partial charge in [-0.25, -0.2) is 9.18 Å². The summed E-state index contributed by atoms with van der Waals surface area (Å²) in [6.45, 7) is 5.22. The second-order valence-corrected chi connectivity index (χ2v) is 5.36. The Kier molecular flexibility index (Phi) is 5.05. The molecule has 0 spiro atoms. The molecule has 0 atom stereocenters. The molecule has 0 fully saturated rings. The van der Waals surface area contributed by atoms with Crippen LogP contribution in [-0.2, 0) is 4.74 Å². The second-order valence-electron chi connectivity index (χ2n) is 4.92. The molecule has 0 aliphatic heterocycles. The molecule has 0 saturated heterocycles. The number of ether oxygens (including phenoxy) is 1. The monoisotopic (exact) mass is 338 g/mol. The van der Waals surface area contributed by atoms with Gasteiger partial charge in [0.2, 0.25) is 0 Å². The first-order valence-electron chi connectivity index (χ1n) is 6.97. The van der Waals surface area contributed by atoms with E-state index >= 15 is 0 Å². The zero-order chi connectivity index (χ0) is 17.1. The minimum atomic E-state index is -0.603. The highest BCUT2D eigenvalue weighted by molar-refractivity contribution is 6.31. The molecular formula is C16H16ClFN2O3. The maximum absolute atomic E-state index is 13.7.